The van der Waals surface area contributed by atoms with Crippen LogP contribution in [-0.2, 0) is 9.84 Å². The fourth-order valence-electron chi connectivity index (χ4n) is 2.16. The van der Waals surface area contributed by atoms with Gasteiger partial charge < -0.3 is 10.1 Å². The van der Waals surface area contributed by atoms with E-state index in [4.69, 9.17) is 0 Å². The minimum Gasteiger partial charge on any atom is -0.435 e. The highest BCUT2D eigenvalue weighted by molar-refractivity contribution is 7.91. The molecule has 5 nitrogen and oxygen atoms in total. The van der Waals surface area contributed by atoms with Gasteiger partial charge in [-0.25, -0.2) is 8.42 Å². The van der Waals surface area contributed by atoms with Crippen LogP contribution in [0.15, 0.2) is 24.3 Å². The Balaban J connectivity index is 1.86. The molecule has 21 heavy (non-hydrogen) atoms. The average molecular weight is 319 g/mol. The Morgan fingerprint density at radius 2 is 2.00 bits per heavy atom. The number of ether oxygens (including phenoxy) is 1. The van der Waals surface area contributed by atoms with Gasteiger partial charge in [-0.1, -0.05) is 0 Å². The fraction of sp³-hybridized carbons (Fsp3) is 0.462. The lowest BCUT2D eigenvalue weighted by Crippen LogP contribution is -2.29. The van der Waals surface area contributed by atoms with Gasteiger partial charge in [0.05, 0.1) is 11.5 Å². The zero-order chi connectivity index (χ0) is 15.5. The minimum absolute atomic E-state index is 0.0246. The first-order valence-corrected chi connectivity index (χ1v) is 8.21. The van der Waals surface area contributed by atoms with E-state index in [2.05, 4.69) is 10.1 Å². The topological polar surface area (TPSA) is 72.5 Å². The van der Waals surface area contributed by atoms with Gasteiger partial charge in [0.15, 0.2) is 9.84 Å². The SMILES string of the molecule is O=C(NCC1CCS(=O)(=O)C1)c1ccc(OC(F)F)cc1. The highest BCUT2D eigenvalue weighted by Gasteiger charge is 2.27. The summed E-state index contributed by atoms with van der Waals surface area (Å²) in [6.07, 6.45) is 0.545. The lowest BCUT2D eigenvalue weighted by Gasteiger charge is -2.10. The summed E-state index contributed by atoms with van der Waals surface area (Å²) in [6, 6.07) is 5.30. The van der Waals surface area contributed by atoms with Crippen LogP contribution in [0.2, 0.25) is 0 Å². The van der Waals surface area contributed by atoms with Crippen molar-refractivity contribution in [3.63, 3.8) is 0 Å². The monoisotopic (exact) mass is 319 g/mol. The third kappa shape index (κ3) is 4.66. The second-order valence-electron chi connectivity index (χ2n) is 4.88. The van der Waals surface area contributed by atoms with Gasteiger partial charge in [0, 0.05) is 12.1 Å². The Morgan fingerprint density at radius 1 is 1.33 bits per heavy atom. The normalized spacial score (nSPS) is 20.4. The molecule has 0 aromatic heterocycles. The van der Waals surface area contributed by atoms with E-state index in [-0.39, 0.29) is 35.6 Å². The maximum absolute atomic E-state index is 12.0. The molecule has 116 valence electrons. The summed E-state index contributed by atoms with van der Waals surface area (Å²) >= 11 is 0. The van der Waals surface area contributed by atoms with Crippen molar-refractivity contribution in [2.24, 2.45) is 5.92 Å². The van der Waals surface area contributed by atoms with Crippen molar-refractivity contribution < 1.29 is 26.7 Å². The third-order valence-electron chi connectivity index (χ3n) is 3.22. The molecule has 1 N–H and O–H groups in total. The highest BCUT2D eigenvalue weighted by Crippen LogP contribution is 2.18. The molecule has 0 saturated carbocycles. The van der Waals surface area contributed by atoms with Gasteiger partial charge in [-0.05, 0) is 36.6 Å². The van der Waals surface area contributed by atoms with Crippen LogP contribution in [0.25, 0.3) is 0 Å². The van der Waals surface area contributed by atoms with Crippen molar-refractivity contribution in [2.45, 2.75) is 13.0 Å². The molecule has 0 radical (unpaired) electrons. The van der Waals surface area contributed by atoms with E-state index in [1.807, 2.05) is 0 Å². The van der Waals surface area contributed by atoms with Gasteiger partial charge in [-0.2, -0.15) is 8.78 Å². The highest BCUT2D eigenvalue weighted by atomic mass is 32.2. The van der Waals surface area contributed by atoms with Crippen molar-refractivity contribution >= 4 is 15.7 Å². The zero-order valence-corrected chi connectivity index (χ0v) is 11.9. The maximum atomic E-state index is 12.0. The lowest BCUT2D eigenvalue weighted by atomic mass is 10.1. The van der Waals surface area contributed by atoms with E-state index in [9.17, 15) is 22.0 Å². The Morgan fingerprint density at radius 3 is 2.52 bits per heavy atom. The molecule has 1 atom stereocenters. The van der Waals surface area contributed by atoms with Crippen LogP contribution < -0.4 is 10.1 Å². The second kappa shape index (κ2) is 6.38. The third-order valence-corrected chi connectivity index (χ3v) is 5.06. The molecule has 1 aliphatic rings. The van der Waals surface area contributed by atoms with E-state index in [0.717, 1.165) is 0 Å². The molecule has 1 heterocycles. The van der Waals surface area contributed by atoms with Gasteiger partial charge in [-0.3, -0.25) is 4.79 Å². The smallest absolute Gasteiger partial charge is 0.387 e. The zero-order valence-electron chi connectivity index (χ0n) is 11.1. The van der Waals surface area contributed by atoms with Gasteiger partial charge in [0.25, 0.3) is 5.91 Å². The predicted octanol–water partition coefficient (Wildman–Crippen LogP) is 1.45. The number of carbonyl (C=O) groups excluding carboxylic acids is 1. The number of benzene rings is 1. The first-order valence-electron chi connectivity index (χ1n) is 6.39. The summed E-state index contributed by atoms with van der Waals surface area (Å²) in [7, 11) is -2.96. The maximum Gasteiger partial charge on any atom is 0.387 e. The van der Waals surface area contributed by atoms with Crippen LogP contribution in [0.4, 0.5) is 8.78 Å². The summed E-state index contributed by atoms with van der Waals surface area (Å²) in [5.74, 6) is -0.214. The number of rotatable bonds is 5. The van der Waals surface area contributed by atoms with E-state index < -0.39 is 16.4 Å². The van der Waals surface area contributed by atoms with Gasteiger partial charge >= 0.3 is 6.61 Å². The number of sulfone groups is 1. The summed E-state index contributed by atoms with van der Waals surface area (Å²) in [5, 5.41) is 2.65. The number of hydrogen-bond acceptors (Lipinski definition) is 4. The van der Waals surface area contributed by atoms with Gasteiger partial charge in [-0.15, -0.1) is 0 Å². The number of halogens is 2. The average Bonchev–Trinajstić information content (AvgIpc) is 2.76. The van der Waals surface area contributed by atoms with Crippen LogP contribution in [0.5, 0.6) is 5.75 Å². The molecule has 0 aliphatic carbocycles. The first-order chi connectivity index (χ1) is 9.85. The van der Waals surface area contributed by atoms with Crippen LogP contribution in [0, 0.1) is 5.92 Å². The quantitative estimate of drug-likeness (QED) is 0.891. The van der Waals surface area contributed by atoms with E-state index in [1.165, 1.54) is 24.3 Å². The first kappa shape index (κ1) is 15.7. The van der Waals surface area contributed by atoms with Crippen molar-refractivity contribution in [3.05, 3.63) is 29.8 Å². The standard InChI is InChI=1S/C13H15F2NO4S/c14-13(15)20-11-3-1-10(2-4-11)12(17)16-7-9-5-6-21(18,19)8-9/h1-4,9,13H,5-8H2,(H,16,17). The molecule has 1 aromatic rings. The summed E-state index contributed by atoms with van der Waals surface area (Å²) < 4.78 is 50.7. The Labute approximate surface area is 121 Å². The molecule has 1 aliphatic heterocycles. The molecule has 0 spiro atoms. The van der Waals surface area contributed by atoms with E-state index in [1.54, 1.807) is 0 Å². The lowest BCUT2D eigenvalue weighted by molar-refractivity contribution is -0.0498. The molecule has 0 bridgehead atoms. The van der Waals surface area contributed by atoms with Crippen LogP contribution in [0.3, 0.4) is 0 Å². The summed E-state index contributed by atoms with van der Waals surface area (Å²) in [6.45, 7) is -2.62. The second-order valence-corrected chi connectivity index (χ2v) is 7.11. The predicted molar refractivity (Wildman–Crippen MR) is 72.2 cm³/mol. The van der Waals surface area contributed by atoms with Gasteiger partial charge in [0.1, 0.15) is 5.75 Å². The van der Waals surface area contributed by atoms with Gasteiger partial charge in [0.2, 0.25) is 0 Å². The molecule has 1 aromatic carbocycles. The number of hydrogen-bond donors (Lipinski definition) is 1. The molecule has 1 amide bonds. The number of nitrogens with one attached hydrogen (secondary N) is 1. The molecule has 1 unspecified atom stereocenters. The summed E-state index contributed by atoms with van der Waals surface area (Å²) in [5.41, 5.74) is 0.303. The van der Waals surface area contributed by atoms with Crippen LogP contribution >= 0.6 is 0 Å². The number of alkyl halides is 2. The van der Waals surface area contributed by atoms with E-state index in [0.29, 0.717) is 12.0 Å². The van der Waals surface area contributed by atoms with Crippen LogP contribution in [-0.4, -0.2) is 39.0 Å². The molecular weight excluding hydrogens is 304 g/mol. The largest absolute Gasteiger partial charge is 0.435 e. The van der Waals surface area contributed by atoms with Crippen molar-refractivity contribution in [3.8, 4) is 5.75 Å². The Kier molecular flexibility index (Phi) is 4.76. The molecule has 8 heteroatoms. The number of amides is 1. The minimum atomic E-state index is -2.96. The van der Waals surface area contributed by atoms with Crippen LogP contribution in [0.1, 0.15) is 16.8 Å². The molecule has 1 fully saturated rings. The molecule has 2 rings (SSSR count). The Bertz CT molecular complexity index is 601. The molecular formula is C13H15F2NO4S. The Hall–Kier alpha value is -1.70. The fourth-order valence-corrected chi connectivity index (χ4v) is 4.02. The van der Waals surface area contributed by atoms with E-state index >= 15 is 0 Å². The van der Waals surface area contributed by atoms with Crippen molar-refractivity contribution in [1.82, 2.24) is 5.32 Å². The molecule has 1 saturated heterocycles. The van der Waals surface area contributed by atoms with Crippen molar-refractivity contribution in [2.75, 3.05) is 18.1 Å². The number of carbonyl (C=O) groups is 1. The summed E-state index contributed by atoms with van der Waals surface area (Å²) in [4.78, 5) is 11.8. The van der Waals surface area contributed by atoms with Crippen molar-refractivity contribution in [1.29, 1.82) is 0 Å².